The van der Waals surface area contributed by atoms with Crippen molar-refractivity contribution in [1.82, 2.24) is 24.8 Å². The summed E-state index contributed by atoms with van der Waals surface area (Å²) >= 11 is 12.4. The molecule has 2 aromatic carbocycles. The summed E-state index contributed by atoms with van der Waals surface area (Å²) in [5.74, 6) is 0.612. The van der Waals surface area contributed by atoms with Gasteiger partial charge in [0.05, 0.1) is 16.8 Å². The normalized spacial score (nSPS) is 16.1. The maximum atomic E-state index is 14.8. The minimum absolute atomic E-state index is 0.255. The summed E-state index contributed by atoms with van der Waals surface area (Å²) in [4.78, 5) is 13.8. The topological polar surface area (TPSA) is 55.6 Å². The van der Waals surface area contributed by atoms with Crippen molar-refractivity contribution in [2.75, 3.05) is 13.1 Å². The Labute approximate surface area is 199 Å². The van der Waals surface area contributed by atoms with E-state index in [1.807, 2.05) is 4.57 Å². The first-order chi connectivity index (χ1) is 16.0. The van der Waals surface area contributed by atoms with Gasteiger partial charge in [-0.2, -0.15) is 0 Å². The molecule has 9 heteroatoms. The SMILES string of the molecule is Fc1ccc(Cl)cc1CCc1ncc2nc(-c3c(F)cccc3Cl)n(CC3CCNC3)c2n1. The Morgan fingerprint density at radius 3 is 2.73 bits per heavy atom. The van der Waals surface area contributed by atoms with Crippen LogP contribution < -0.4 is 5.32 Å². The molecule has 33 heavy (non-hydrogen) atoms. The van der Waals surface area contributed by atoms with Crippen LogP contribution in [0.4, 0.5) is 8.78 Å². The first kappa shape index (κ1) is 22.2. The molecule has 0 aliphatic carbocycles. The number of halogens is 4. The molecule has 1 aliphatic heterocycles. The summed E-state index contributed by atoms with van der Waals surface area (Å²) in [5.41, 5.74) is 1.95. The predicted octanol–water partition coefficient (Wildman–Crippen LogP) is 5.47. The van der Waals surface area contributed by atoms with Crippen LogP contribution in [-0.2, 0) is 19.4 Å². The van der Waals surface area contributed by atoms with E-state index in [1.165, 1.54) is 18.2 Å². The van der Waals surface area contributed by atoms with Gasteiger partial charge in [-0.15, -0.1) is 0 Å². The predicted molar refractivity (Wildman–Crippen MR) is 126 cm³/mol. The van der Waals surface area contributed by atoms with E-state index >= 15 is 0 Å². The van der Waals surface area contributed by atoms with Crippen molar-refractivity contribution in [2.24, 2.45) is 5.92 Å². The van der Waals surface area contributed by atoms with Crippen molar-refractivity contribution in [3.05, 3.63) is 75.7 Å². The Hall–Kier alpha value is -2.61. The van der Waals surface area contributed by atoms with Gasteiger partial charge in [-0.1, -0.05) is 29.3 Å². The van der Waals surface area contributed by atoms with Gasteiger partial charge in [-0.05, 0) is 67.7 Å². The Kier molecular flexibility index (Phi) is 6.27. The smallest absolute Gasteiger partial charge is 0.164 e. The van der Waals surface area contributed by atoms with Crippen molar-refractivity contribution < 1.29 is 8.78 Å². The highest BCUT2D eigenvalue weighted by Crippen LogP contribution is 2.33. The number of fused-ring (bicyclic) bond motifs is 1. The zero-order valence-corrected chi connectivity index (χ0v) is 19.2. The van der Waals surface area contributed by atoms with Crippen LogP contribution in [0, 0.1) is 17.6 Å². The van der Waals surface area contributed by atoms with Crippen LogP contribution in [0.15, 0.2) is 42.6 Å². The van der Waals surface area contributed by atoms with Gasteiger partial charge in [0.15, 0.2) is 5.65 Å². The molecule has 170 valence electrons. The Morgan fingerprint density at radius 2 is 1.94 bits per heavy atom. The van der Waals surface area contributed by atoms with Gasteiger partial charge >= 0.3 is 0 Å². The third-order valence-corrected chi connectivity index (χ3v) is 6.50. The largest absolute Gasteiger partial charge is 0.316 e. The third kappa shape index (κ3) is 4.58. The number of aryl methyl sites for hydroxylation is 2. The molecule has 1 atom stereocenters. The van der Waals surface area contributed by atoms with Crippen molar-refractivity contribution in [2.45, 2.75) is 25.8 Å². The molecule has 4 aromatic rings. The molecule has 1 N–H and O–H groups in total. The lowest BCUT2D eigenvalue weighted by Gasteiger charge is -2.14. The molecule has 0 bridgehead atoms. The molecule has 2 aromatic heterocycles. The molecule has 0 radical (unpaired) electrons. The van der Waals surface area contributed by atoms with Crippen LogP contribution in [0.3, 0.4) is 0 Å². The molecule has 1 aliphatic rings. The minimum Gasteiger partial charge on any atom is -0.316 e. The van der Waals surface area contributed by atoms with Crippen molar-refractivity contribution in [1.29, 1.82) is 0 Å². The van der Waals surface area contributed by atoms with Crippen LogP contribution in [0.2, 0.25) is 10.0 Å². The van der Waals surface area contributed by atoms with Crippen molar-refractivity contribution in [3.8, 4) is 11.4 Å². The van der Waals surface area contributed by atoms with Crippen LogP contribution >= 0.6 is 23.2 Å². The molecule has 5 rings (SSSR count). The number of nitrogens with one attached hydrogen (secondary N) is 1. The minimum atomic E-state index is -0.437. The zero-order chi connectivity index (χ0) is 22.9. The van der Waals surface area contributed by atoms with Crippen LogP contribution in [0.1, 0.15) is 17.8 Å². The summed E-state index contributed by atoms with van der Waals surface area (Å²) in [6.07, 6.45) is 3.48. The van der Waals surface area contributed by atoms with Gasteiger partial charge < -0.3 is 9.88 Å². The molecule has 1 fully saturated rings. The Balaban J connectivity index is 1.54. The summed E-state index contributed by atoms with van der Waals surface area (Å²) in [6.45, 7) is 2.44. The third-order valence-electron chi connectivity index (χ3n) is 5.95. The van der Waals surface area contributed by atoms with E-state index in [1.54, 1.807) is 24.4 Å². The maximum Gasteiger partial charge on any atom is 0.164 e. The number of hydrogen-bond acceptors (Lipinski definition) is 4. The average molecular weight is 488 g/mol. The second-order valence-electron chi connectivity index (χ2n) is 8.23. The van der Waals surface area contributed by atoms with E-state index in [0.717, 1.165) is 19.5 Å². The first-order valence-corrected chi connectivity index (χ1v) is 11.6. The van der Waals surface area contributed by atoms with Gasteiger partial charge in [0.25, 0.3) is 0 Å². The second kappa shape index (κ2) is 9.33. The highest BCUT2D eigenvalue weighted by Gasteiger charge is 2.24. The standard InChI is InChI=1S/C24H21Cl2F2N5/c25-16-5-6-18(27)15(10-16)4-7-21-30-12-20-23(32-21)33(13-14-8-9-29-11-14)24(31-20)22-17(26)2-1-3-19(22)28/h1-3,5-6,10,12,14,29H,4,7-9,11,13H2. The molecule has 1 unspecified atom stereocenters. The second-order valence-corrected chi connectivity index (χ2v) is 9.08. The molecule has 1 saturated heterocycles. The zero-order valence-electron chi connectivity index (χ0n) is 17.7. The van der Waals surface area contributed by atoms with Gasteiger partial charge in [-0.3, -0.25) is 0 Å². The van der Waals surface area contributed by atoms with E-state index in [9.17, 15) is 8.78 Å². The summed E-state index contributed by atoms with van der Waals surface area (Å²) in [6, 6.07) is 9.09. The van der Waals surface area contributed by atoms with Gasteiger partial charge in [0, 0.05) is 18.0 Å². The van der Waals surface area contributed by atoms with E-state index in [-0.39, 0.29) is 11.4 Å². The van der Waals surface area contributed by atoms with Gasteiger partial charge in [0.2, 0.25) is 0 Å². The first-order valence-electron chi connectivity index (χ1n) is 10.8. The Morgan fingerprint density at radius 1 is 1.06 bits per heavy atom. The Bertz CT molecular complexity index is 1300. The fourth-order valence-corrected chi connectivity index (χ4v) is 4.70. The molecule has 3 heterocycles. The molecular formula is C24H21Cl2F2N5. The molecule has 5 nitrogen and oxygen atoms in total. The quantitative estimate of drug-likeness (QED) is 0.391. The van der Waals surface area contributed by atoms with Crippen LogP contribution in [0.25, 0.3) is 22.6 Å². The fourth-order valence-electron chi connectivity index (χ4n) is 4.26. The van der Waals surface area contributed by atoms with E-state index in [4.69, 9.17) is 28.2 Å². The van der Waals surface area contributed by atoms with Crippen molar-refractivity contribution in [3.63, 3.8) is 0 Å². The van der Waals surface area contributed by atoms with E-state index < -0.39 is 5.82 Å². The lowest BCUT2D eigenvalue weighted by atomic mass is 10.1. The monoisotopic (exact) mass is 487 g/mol. The number of benzene rings is 2. The number of hydrogen-bond donors (Lipinski definition) is 1. The molecular weight excluding hydrogens is 467 g/mol. The highest BCUT2D eigenvalue weighted by molar-refractivity contribution is 6.33. The summed E-state index contributed by atoms with van der Waals surface area (Å²) < 4.78 is 30.8. The fraction of sp³-hybridized carbons (Fsp3) is 0.292. The maximum absolute atomic E-state index is 14.8. The summed E-state index contributed by atoms with van der Waals surface area (Å²) in [7, 11) is 0. The summed E-state index contributed by atoms with van der Waals surface area (Å²) in [5, 5.41) is 4.14. The number of nitrogens with zero attached hydrogens (tertiary/aromatic N) is 4. The lowest BCUT2D eigenvalue weighted by Crippen LogP contribution is -2.16. The van der Waals surface area contributed by atoms with Crippen LogP contribution in [0.5, 0.6) is 0 Å². The van der Waals surface area contributed by atoms with E-state index in [0.29, 0.717) is 63.7 Å². The number of imidazole rings is 1. The molecule has 0 amide bonds. The average Bonchev–Trinajstić information content (AvgIpc) is 3.43. The molecule has 0 spiro atoms. The number of rotatable bonds is 6. The van der Waals surface area contributed by atoms with E-state index in [2.05, 4.69) is 15.3 Å². The highest BCUT2D eigenvalue weighted by atomic mass is 35.5. The number of aromatic nitrogens is 4. The van der Waals surface area contributed by atoms with Gasteiger partial charge in [0.1, 0.15) is 28.8 Å². The molecule has 0 saturated carbocycles. The van der Waals surface area contributed by atoms with Crippen LogP contribution in [-0.4, -0.2) is 32.6 Å². The lowest BCUT2D eigenvalue weighted by molar-refractivity contribution is 0.489. The van der Waals surface area contributed by atoms with Crippen molar-refractivity contribution >= 4 is 34.4 Å². The van der Waals surface area contributed by atoms with Gasteiger partial charge in [-0.25, -0.2) is 23.7 Å².